The van der Waals surface area contributed by atoms with Crippen LogP contribution in [0.3, 0.4) is 0 Å². The van der Waals surface area contributed by atoms with E-state index in [-0.39, 0.29) is 10.2 Å². The third-order valence-electron chi connectivity index (χ3n) is 1.97. The van der Waals surface area contributed by atoms with Crippen LogP contribution < -0.4 is 5.14 Å². The average Bonchev–Trinajstić information content (AvgIpc) is 2.38. The van der Waals surface area contributed by atoms with Gasteiger partial charge in [-0.25, -0.2) is 18.5 Å². The van der Waals surface area contributed by atoms with Gasteiger partial charge in [0, 0.05) is 6.20 Å². The molecule has 0 aromatic carbocycles. The number of primary sulfonamides is 1. The van der Waals surface area contributed by atoms with Crippen molar-refractivity contribution in [3.63, 3.8) is 0 Å². The van der Waals surface area contributed by atoms with Crippen LogP contribution in [0.2, 0.25) is 5.15 Å². The van der Waals surface area contributed by atoms with Gasteiger partial charge in [0.05, 0.1) is 0 Å². The first kappa shape index (κ1) is 10.4. The fourth-order valence-corrected chi connectivity index (χ4v) is 2.56. The Bertz CT molecular complexity index is 633. The second-order valence-electron chi connectivity index (χ2n) is 3.19. The van der Waals surface area contributed by atoms with Gasteiger partial charge in [-0.15, -0.1) is 0 Å². The summed E-state index contributed by atoms with van der Waals surface area (Å²) < 4.78 is 23.8. The van der Waals surface area contributed by atoms with Gasteiger partial charge >= 0.3 is 0 Å². The maximum atomic E-state index is 11.2. The molecule has 2 heterocycles. The van der Waals surface area contributed by atoms with Crippen molar-refractivity contribution in [2.45, 2.75) is 11.9 Å². The van der Waals surface area contributed by atoms with E-state index in [9.17, 15) is 8.42 Å². The van der Waals surface area contributed by atoms with Crippen LogP contribution in [0.5, 0.6) is 0 Å². The van der Waals surface area contributed by atoms with Gasteiger partial charge in [-0.2, -0.15) is 0 Å². The number of sulfonamides is 1. The van der Waals surface area contributed by atoms with E-state index in [0.29, 0.717) is 5.65 Å². The first-order valence-electron chi connectivity index (χ1n) is 4.06. The molecule has 0 atom stereocenters. The first-order chi connectivity index (χ1) is 6.89. The lowest BCUT2D eigenvalue weighted by Crippen LogP contribution is -2.15. The second kappa shape index (κ2) is 3.19. The summed E-state index contributed by atoms with van der Waals surface area (Å²) in [4.78, 5) is 3.91. The zero-order valence-corrected chi connectivity index (χ0v) is 9.38. The Morgan fingerprint density at radius 1 is 1.53 bits per heavy atom. The number of halogens is 1. The summed E-state index contributed by atoms with van der Waals surface area (Å²) in [7, 11) is -3.86. The van der Waals surface area contributed by atoms with E-state index in [1.165, 1.54) is 4.40 Å². The SMILES string of the molecule is Cc1ccn2c(S(N)(=O)=O)c(Cl)nc2c1. The van der Waals surface area contributed by atoms with Crippen molar-refractivity contribution in [2.24, 2.45) is 5.14 Å². The van der Waals surface area contributed by atoms with Gasteiger partial charge < -0.3 is 0 Å². The zero-order valence-electron chi connectivity index (χ0n) is 7.81. The van der Waals surface area contributed by atoms with Gasteiger partial charge in [0.1, 0.15) is 5.65 Å². The normalized spacial score (nSPS) is 12.2. The number of rotatable bonds is 1. The quantitative estimate of drug-likeness (QED) is 0.812. The molecule has 2 N–H and O–H groups in total. The van der Waals surface area contributed by atoms with Crippen molar-refractivity contribution in [1.82, 2.24) is 9.38 Å². The number of imidazole rings is 1. The van der Waals surface area contributed by atoms with E-state index in [1.807, 2.05) is 6.92 Å². The largest absolute Gasteiger partial charge is 0.288 e. The Kier molecular flexibility index (Phi) is 2.22. The van der Waals surface area contributed by atoms with E-state index in [0.717, 1.165) is 5.56 Å². The fourth-order valence-electron chi connectivity index (χ4n) is 1.35. The number of hydrogen-bond acceptors (Lipinski definition) is 3. The summed E-state index contributed by atoms with van der Waals surface area (Å²) in [6.07, 6.45) is 1.57. The maximum Gasteiger partial charge on any atom is 0.257 e. The Morgan fingerprint density at radius 2 is 2.20 bits per heavy atom. The summed E-state index contributed by atoms with van der Waals surface area (Å²) in [5.74, 6) is 0. The highest BCUT2D eigenvalue weighted by Crippen LogP contribution is 2.21. The minimum absolute atomic E-state index is 0.108. The van der Waals surface area contributed by atoms with Gasteiger partial charge in [0.25, 0.3) is 10.0 Å². The summed E-state index contributed by atoms with van der Waals surface area (Å²) in [6.45, 7) is 1.87. The number of aromatic nitrogens is 2. The third kappa shape index (κ3) is 1.71. The molecule has 0 aliphatic rings. The van der Waals surface area contributed by atoms with Crippen LogP contribution in [0.15, 0.2) is 23.4 Å². The lowest BCUT2D eigenvalue weighted by molar-refractivity contribution is 0.593. The summed E-state index contributed by atoms with van der Waals surface area (Å²) in [5, 5.41) is 4.74. The molecule has 15 heavy (non-hydrogen) atoms. The molecule has 0 unspecified atom stereocenters. The molecule has 0 bridgehead atoms. The van der Waals surface area contributed by atoms with Gasteiger partial charge in [-0.3, -0.25) is 4.40 Å². The van der Waals surface area contributed by atoms with Crippen molar-refractivity contribution in [3.05, 3.63) is 29.0 Å². The highest BCUT2D eigenvalue weighted by atomic mass is 35.5. The molecule has 0 saturated heterocycles. The van der Waals surface area contributed by atoms with Gasteiger partial charge in [-0.1, -0.05) is 11.6 Å². The Balaban J connectivity index is 2.92. The molecule has 2 rings (SSSR count). The van der Waals surface area contributed by atoms with Crippen LogP contribution in [0.1, 0.15) is 5.56 Å². The standard InChI is InChI=1S/C8H8ClN3O2S/c1-5-2-3-12-6(4-5)11-7(9)8(12)15(10,13)14/h2-4H,1H3,(H2,10,13,14). The number of hydrogen-bond donors (Lipinski definition) is 1. The van der Waals surface area contributed by atoms with Gasteiger partial charge in [0.2, 0.25) is 0 Å². The second-order valence-corrected chi connectivity index (χ2v) is 5.02. The number of nitrogens with zero attached hydrogens (tertiary/aromatic N) is 2. The molecular weight excluding hydrogens is 238 g/mol. The molecule has 0 aliphatic heterocycles. The van der Waals surface area contributed by atoms with Crippen molar-refractivity contribution >= 4 is 27.3 Å². The van der Waals surface area contributed by atoms with Crippen molar-refractivity contribution in [2.75, 3.05) is 0 Å². The van der Waals surface area contributed by atoms with Crippen LogP contribution >= 0.6 is 11.6 Å². The highest BCUT2D eigenvalue weighted by molar-refractivity contribution is 7.89. The lowest BCUT2D eigenvalue weighted by Gasteiger charge is -1.99. The van der Waals surface area contributed by atoms with Gasteiger partial charge in [-0.05, 0) is 24.6 Å². The van der Waals surface area contributed by atoms with Crippen molar-refractivity contribution in [3.8, 4) is 0 Å². The highest BCUT2D eigenvalue weighted by Gasteiger charge is 2.20. The van der Waals surface area contributed by atoms with E-state index in [2.05, 4.69) is 4.98 Å². The topological polar surface area (TPSA) is 77.5 Å². The zero-order chi connectivity index (χ0) is 11.2. The molecule has 80 valence electrons. The van der Waals surface area contributed by atoms with E-state index in [1.54, 1.807) is 18.3 Å². The molecule has 0 saturated carbocycles. The molecule has 2 aromatic heterocycles. The maximum absolute atomic E-state index is 11.2. The minimum atomic E-state index is -3.86. The smallest absolute Gasteiger partial charge is 0.257 e. The Hall–Kier alpha value is -1.11. The Labute approximate surface area is 91.5 Å². The molecule has 7 heteroatoms. The first-order valence-corrected chi connectivity index (χ1v) is 5.99. The Morgan fingerprint density at radius 3 is 2.80 bits per heavy atom. The van der Waals surface area contributed by atoms with E-state index in [4.69, 9.17) is 16.7 Å². The molecule has 0 spiro atoms. The van der Waals surface area contributed by atoms with Crippen LogP contribution in [0.4, 0.5) is 0 Å². The van der Waals surface area contributed by atoms with E-state index < -0.39 is 10.0 Å². The van der Waals surface area contributed by atoms with Crippen LogP contribution in [-0.4, -0.2) is 17.8 Å². The number of aryl methyl sites for hydroxylation is 1. The van der Waals surface area contributed by atoms with Crippen LogP contribution in [0.25, 0.3) is 5.65 Å². The molecule has 2 aromatic rings. The molecule has 5 nitrogen and oxygen atoms in total. The molecule has 0 radical (unpaired) electrons. The van der Waals surface area contributed by atoms with E-state index >= 15 is 0 Å². The van der Waals surface area contributed by atoms with Crippen LogP contribution in [-0.2, 0) is 10.0 Å². The lowest BCUT2D eigenvalue weighted by atomic mass is 10.3. The predicted molar refractivity (Wildman–Crippen MR) is 56.3 cm³/mol. The minimum Gasteiger partial charge on any atom is -0.288 e. The van der Waals surface area contributed by atoms with Gasteiger partial charge in [0.15, 0.2) is 10.2 Å². The summed E-state index contributed by atoms with van der Waals surface area (Å²) in [5.41, 5.74) is 1.43. The monoisotopic (exact) mass is 245 g/mol. The fraction of sp³-hybridized carbons (Fsp3) is 0.125. The third-order valence-corrected chi connectivity index (χ3v) is 3.27. The number of fused-ring (bicyclic) bond motifs is 1. The summed E-state index contributed by atoms with van der Waals surface area (Å²) >= 11 is 5.71. The molecule has 0 fully saturated rings. The van der Waals surface area contributed by atoms with Crippen molar-refractivity contribution in [1.29, 1.82) is 0 Å². The van der Waals surface area contributed by atoms with Crippen LogP contribution in [0, 0.1) is 6.92 Å². The summed E-state index contributed by atoms with van der Waals surface area (Å²) in [6, 6.07) is 3.47. The molecule has 0 aliphatic carbocycles. The molecular formula is C8H8ClN3O2S. The number of pyridine rings is 1. The number of nitrogens with two attached hydrogens (primary N) is 1. The predicted octanol–water partition coefficient (Wildman–Crippen LogP) is 0.944. The molecule has 0 amide bonds. The average molecular weight is 246 g/mol. The van der Waals surface area contributed by atoms with Crippen molar-refractivity contribution < 1.29 is 8.42 Å².